The van der Waals surface area contributed by atoms with Crippen LogP contribution in [-0.4, -0.2) is 22.8 Å². The molecule has 114 valence electrons. The molecule has 4 heteroatoms. The van der Waals surface area contributed by atoms with Crippen LogP contribution in [-0.2, 0) is 9.53 Å². The zero-order chi connectivity index (χ0) is 14.8. The van der Waals surface area contributed by atoms with Gasteiger partial charge < -0.3 is 9.84 Å². The number of fused-ring (bicyclic) bond motifs is 1. The zero-order valence-corrected chi connectivity index (χ0v) is 12.4. The molecular formula is C16H25FO3. The third kappa shape index (κ3) is 3.33. The summed E-state index contributed by atoms with van der Waals surface area (Å²) in [5.41, 5.74) is -1.32. The van der Waals surface area contributed by atoms with E-state index in [-0.39, 0.29) is 30.2 Å². The molecule has 1 heterocycles. The molecule has 1 aliphatic carbocycles. The Kier molecular flexibility index (Phi) is 4.71. The molecule has 3 nitrogen and oxygen atoms in total. The first-order chi connectivity index (χ1) is 9.44. The van der Waals surface area contributed by atoms with Gasteiger partial charge in [0.2, 0.25) is 0 Å². The van der Waals surface area contributed by atoms with E-state index in [2.05, 4.69) is 0 Å². The summed E-state index contributed by atoms with van der Waals surface area (Å²) in [6, 6.07) is 0. The number of esters is 1. The van der Waals surface area contributed by atoms with Crippen LogP contribution in [0.2, 0.25) is 0 Å². The highest BCUT2D eigenvalue weighted by atomic mass is 19.1. The standard InChI is InChI=1S/C16H25FO3/c1-3-4-9-16(2,17)10-8-12(18)14-11-6-5-7-13(11)20-15(14)19/h8,11,13-14,18H,3-7,9-10H2,1-2H3/t11-,13-,14?,16+/m1/s1. The highest BCUT2D eigenvalue weighted by molar-refractivity contribution is 5.78. The molecule has 0 aromatic rings. The molecule has 0 bridgehead atoms. The summed E-state index contributed by atoms with van der Waals surface area (Å²) < 4.78 is 19.5. The first-order valence-corrected chi connectivity index (χ1v) is 7.73. The van der Waals surface area contributed by atoms with Crippen molar-refractivity contribution in [2.24, 2.45) is 11.8 Å². The van der Waals surface area contributed by atoms with Crippen LogP contribution in [0.1, 0.15) is 58.8 Å². The first kappa shape index (κ1) is 15.3. The number of allylic oxidation sites excluding steroid dienone is 1. The van der Waals surface area contributed by atoms with Crippen LogP contribution >= 0.6 is 0 Å². The highest BCUT2D eigenvalue weighted by Gasteiger charge is 2.48. The number of rotatable bonds is 6. The number of carbonyl (C=O) groups is 1. The van der Waals surface area contributed by atoms with Crippen molar-refractivity contribution in [2.75, 3.05) is 0 Å². The highest BCUT2D eigenvalue weighted by Crippen LogP contribution is 2.43. The minimum absolute atomic E-state index is 0.00442. The van der Waals surface area contributed by atoms with Crippen LogP contribution in [0, 0.1) is 11.8 Å². The summed E-state index contributed by atoms with van der Waals surface area (Å²) in [6.45, 7) is 3.58. The number of hydrogen-bond acceptors (Lipinski definition) is 3. The number of aliphatic hydroxyl groups is 1. The van der Waals surface area contributed by atoms with Gasteiger partial charge in [0.1, 0.15) is 23.4 Å². The maximum atomic E-state index is 14.2. The Bertz CT molecular complexity index is 389. The van der Waals surface area contributed by atoms with Gasteiger partial charge >= 0.3 is 5.97 Å². The van der Waals surface area contributed by atoms with Gasteiger partial charge in [0.25, 0.3) is 0 Å². The summed E-state index contributed by atoms with van der Waals surface area (Å²) in [5, 5.41) is 10.1. The minimum atomic E-state index is -1.32. The van der Waals surface area contributed by atoms with E-state index < -0.39 is 11.6 Å². The normalized spacial score (nSPS) is 32.9. The predicted molar refractivity (Wildman–Crippen MR) is 75.1 cm³/mol. The number of ether oxygens (including phenoxy) is 1. The molecule has 1 aliphatic heterocycles. The molecule has 0 radical (unpaired) electrons. The van der Waals surface area contributed by atoms with Crippen LogP contribution in [0.5, 0.6) is 0 Å². The third-order valence-electron chi connectivity index (χ3n) is 4.56. The molecule has 20 heavy (non-hydrogen) atoms. The van der Waals surface area contributed by atoms with Crippen molar-refractivity contribution in [1.29, 1.82) is 0 Å². The Balaban J connectivity index is 1.97. The number of unbranched alkanes of at least 4 members (excludes halogenated alkanes) is 1. The molecule has 2 fully saturated rings. The lowest BCUT2D eigenvalue weighted by Crippen LogP contribution is -2.21. The van der Waals surface area contributed by atoms with Gasteiger partial charge in [-0.3, -0.25) is 4.79 Å². The van der Waals surface area contributed by atoms with Gasteiger partial charge in [-0.1, -0.05) is 19.8 Å². The van der Waals surface area contributed by atoms with Gasteiger partial charge in [-0.15, -0.1) is 0 Å². The lowest BCUT2D eigenvalue weighted by molar-refractivity contribution is -0.144. The smallest absolute Gasteiger partial charge is 0.317 e. The second-order valence-electron chi connectivity index (χ2n) is 6.40. The fourth-order valence-corrected chi connectivity index (χ4v) is 3.31. The molecule has 2 aliphatic rings. The van der Waals surface area contributed by atoms with Crippen molar-refractivity contribution < 1.29 is 19.0 Å². The SMILES string of the molecule is CCCC[C@](C)(F)CC=C(O)C1C(=O)O[C@@H]2CCC[C@@H]12. The number of carbonyl (C=O) groups excluding carboxylic acids is 1. The summed E-state index contributed by atoms with van der Waals surface area (Å²) >= 11 is 0. The Morgan fingerprint density at radius 2 is 2.30 bits per heavy atom. The van der Waals surface area contributed by atoms with Gasteiger partial charge in [0.05, 0.1) is 0 Å². The summed E-state index contributed by atoms with van der Waals surface area (Å²) in [5.74, 6) is -0.822. The molecule has 1 unspecified atom stereocenters. The Morgan fingerprint density at radius 3 is 3.00 bits per heavy atom. The van der Waals surface area contributed by atoms with E-state index in [0.29, 0.717) is 6.42 Å². The van der Waals surface area contributed by atoms with Crippen LogP contribution in [0.15, 0.2) is 11.8 Å². The zero-order valence-electron chi connectivity index (χ0n) is 12.4. The number of aliphatic hydroxyl groups excluding tert-OH is 1. The van der Waals surface area contributed by atoms with Gasteiger partial charge in [-0.05, 0) is 38.7 Å². The van der Waals surface area contributed by atoms with Gasteiger partial charge in [0, 0.05) is 12.3 Å². The first-order valence-electron chi connectivity index (χ1n) is 7.73. The van der Waals surface area contributed by atoms with Crippen LogP contribution in [0.3, 0.4) is 0 Å². The second-order valence-corrected chi connectivity index (χ2v) is 6.40. The van der Waals surface area contributed by atoms with E-state index in [0.717, 1.165) is 32.1 Å². The third-order valence-corrected chi connectivity index (χ3v) is 4.56. The van der Waals surface area contributed by atoms with Crippen LogP contribution in [0.25, 0.3) is 0 Å². The Labute approximate surface area is 120 Å². The topological polar surface area (TPSA) is 46.5 Å². The molecule has 0 amide bonds. The van der Waals surface area contributed by atoms with Crippen molar-refractivity contribution >= 4 is 5.97 Å². The number of hydrogen-bond donors (Lipinski definition) is 1. The van der Waals surface area contributed by atoms with E-state index in [1.807, 2.05) is 6.92 Å². The molecule has 1 saturated heterocycles. The summed E-state index contributed by atoms with van der Waals surface area (Å²) in [6.07, 6.45) is 6.69. The fourth-order valence-electron chi connectivity index (χ4n) is 3.31. The van der Waals surface area contributed by atoms with Crippen molar-refractivity contribution in [3.63, 3.8) is 0 Å². The van der Waals surface area contributed by atoms with Crippen molar-refractivity contribution in [3.8, 4) is 0 Å². The van der Waals surface area contributed by atoms with Crippen molar-refractivity contribution in [3.05, 3.63) is 11.8 Å². The molecule has 0 aromatic heterocycles. The molecule has 1 N–H and O–H groups in total. The van der Waals surface area contributed by atoms with E-state index >= 15 is 0 Å². The van der Waals surface area contributed by atoms with Crippen LogP contribution < -0.4 is 0 Å². The number of halogens is 1. The molecule has 1 saturated carbocycles. The van der Waals surface area contributed by atoms with Crippen molar-refractivity contribution in [1.82, 2.24) is 0 Å². The monoisotopic (exact) mass is 284 g/mol. The van der Waals surface area contributed by atoms with Crippen molar-refractivity contribution in [2.45, 2.75) is 70.6 Å². The van der Waals surface area contributed by atoms with Gasteiger partial charge in [-0.2, -0.15) is 0 Å². The maximum Gasteiger partial charge on any atom is 0.317 e. The molecule has 2 rings (SSSR count). The van der Waals surface area contributed by atoms with E-state index in [9.17, 15) is 14.3 Å². The lowest BCUT2D eigenvalue weighted by atomic mass is 9.88. The van der Waals surface area contributed by atoms with Crippen LogP contribution in [0.4, 0.5) is 4.39 Å². The fraction of sp³-hybridized carbons (Fsp3) is 0.812. The largest absolute Gasteiger partial charge is 0.512 e. The second kappa shape index (κ2) is 6.15. The van der Waals surface area contributed by atoms with Gasteiger partial charge in [-0.25, -0.2) is 4.39 Å². The predicted octanol–water partition coefficient (Wildman–Crippen LogP) is 4.08. The summed E-state index contributed by atoms with van der Waals surface area (Å²) in [7, 11) is 0. The van der Waals surface area contributed by atoms with E-state index in [1.54, 1.807) is 6.92 Å². The Morgan fingerprint density at radius 1 is 1.55 bits per heavy atom. The average molecular weight is 284 g/mol. The molecule has 4 atom stereocenters. The average Bonchev–Trinajstić information content (AvgIpc) is 2.93. The van der Waals surface area contributed by atoms with E-state index in [1.165, 1.54) is 6.08 Å². The van der Waals surface area contributed by atoms with Gasteiger partial charge in [0.15, 0.2) is 0 Å². The number of alkyl halides is 1. The summed E-state index contributed by atoms with van der Waals surface area (Å²) in [4.78, 5) is 11.8. The Hall–Kier alpha value is -1.06. The lowest BCUT2D eigenvalue weighted by Gasteiger charge is -2.19. The molecular weight excluding hydrogens is 259 g/mol. The maximum absolute atomic E-state index is 14.2. The minimum Gasteiger partial charge on any atom is -0.512 e. The molecule has 0 aromatic carbocycles. The van der Waals surface area contributed by atoms with E-state index in [4.69, 9.17) is 4.74 Å². The molecule has 0 spiro atoms. The quantitative estimate of drug-likeness (QED) is 0.590.